The van der Waals surface area contributed by atoms with Gasteiger partial charge in [-0.05, 0) is 31.4 Å². The van der Waals surface area contributed by atoms with Crippen LogP contribution in [0.15, 0.2) is 33.5 Å². The van der Waals surface area contributed by atoms with Gasteiger partial charge >= 0.3 is 11.7 Å². The summed E-state index contributed by atoms with van der Waals surface area (Å²) in [5.74, 6) is -0.967. The number of ether oxygens (including phenoxy) is 1. The lowest BCUT2D eigenvalue weighted by atomic mass is 9.96. The summed E-state index contributed by atoms with van der Waals surface area (Å²) < 4.78 is 11.7. The number of esters is 1. The van der Waals surface area contributed by atoms with Crippen LogP contribution in [0, 0.1) is 0 Å². The van der Waals surface area contributed by atoms with Crippen molar-refractivity contribution in [1.82, 2.24) is 4.57 Å². The first-order chi connectivity index (χ1) is 10.6. The van der Waals surface area contributed by atoms with Gasteiger partial charge in [-0.15, -0.1) is 0 Å². The van der Waals surface area contributed by atoms with E-state index in [0.29, 0.717) is 23.9 Å². The maximum Gasteiger partial charge on any atom is 0.419 e. The molecular formula is C16H17NO5. The highest BCUT2D eigenvalue weighted by Crippen LogP contribution is 2.18. The largest absolute Gasteiger partial charge is 0.454 e. The Kier molecular flexibility index (Phi) is 4.09. The van der Waals surface area contributed by atoms with Crippen LogP contribution in [0.3, 0.4) is 0 Å². The second-order valence-corrected chi connectivity index (χ2v) is 5.43. The first kappa shape index (κ1) is 14.6. The zero-order chi connectivity index (χ0) is 15.5. The molecule has 0 aliphatic heterocycles. The number of hydrogen-bond donors (Lipinski definition) is 0. The van der Waals surface area contributed by atoms with Crippen LogP contribution < -0.4 is 5.76 Å². The van der Waals surface area contributed by atoms with Gasteiger partial charge in [-0.1, -0.05) is 12.1 Å². The maximum absolute atomic E-state index is 11.9. The number of rotatable bonds is 4. The van der Waals surface area contributed by atoms with Crippen LogP contribution in [0.2, 0.25) is 0 Å². The molecule has 6 nitrogen and oxygen atoms in total. The highest BCUT2D eigenvalue weighted by Gasteiger charge is 2.25. The summed E-state index contributed by atoms with van der Waals surface area (Å²) in [6.07, 6.45) is 2.26. The van der Waals surface area contributed by atoms with Gasteiger partial charge in [0.25, 0.3) is 0 Å². The summed E-state index contributed by atoms with van der Waals surface area (Å²) in [7, 11) is 0. The Labute approximate surface area is 126 Å². The lowest BCUT2D eigenvalue weighted by molar-refractivity contribution is -0.157. The molecule has 1 aliphatic rings. The average Bonchev–Trinajstić information content (AvgIpc) is 2.83. The number of carbonyl (C=O) groups excluding carboxylic acids is 2. The molecular weight excluding hydrogens is 286 g/mol. The number of Topliss-reactive ketones (excluding diaryl/α,β-unsaturated/α-hetero) is 1. The predicted molar refractivity (Wildman–Crippen MR) is 78.4 cm³/mol. The van der Waals surface area contributed by atoms with Crippen LogP contribution in [-0.4, -0.2) is 22.4 Å². The Morgan fingerprint density at radius 2 is 2.09 bits per heavy atom. The standard InChI is InChI=1S/C16H17NO5/c18-12-6-2-4-8-14(12)21-15(19)9-10-17-11-5-1-3-7-13(11)22-16(17)20/h1,3,5,7,14H,2,4,6,8-10H2/t14-/m1/s1. The third-order valence-electron chi connectivity index (χ3n) is 3.89. The Morgan fingerprint density at radius 1 is 1.27 bits per heavy atom. The van der Waals surface area contributed by atoms with Crippen molar-refractivity contribution in [2.24, 2.45) is 0 Å². The monoisotopic (exact) mass is 303 g/mol. The Bertz CT molecular complexity index is 757. The number of aromatic nitrogens is 1. The van der Waals surface area contributed by atoms with Crippen LogP contribution in [0.25, 0.3) is 11.1 Å². The Morgan fingerprint density at radius 3 is 2.91 bits per heavy atom. The normalized spacial score (nSPS) is 18.5. The van der Waals surface area contributed by atoms with Crippen LogP contribution in [-0.2, 0) is 20.9 Å². The van der Waals surface area contributed by atoms with E-state index in [1.54, 1.807) is 24.3 Å². The summed E-state index contributed by atoms with van der Waals surface area (Å²) in [6, 6.07) is 7.04. The van der Waals surface area contributed by atoms with Gasteiger partial charge in [0.15, 0.2) is 17.5 Å². The number of hydrogen-bond acceptors (Lipinski definition) is 5. The summed E-state index contributed by atoms with van der Waals surface area (Å²) in [5, 5.41) is 0. The van der Waals surface area contributed by atoms with Gasteiger partial charge in [0.2, 0.25) is 0 Å². The fourth-order valence-corrected chi connectivity index (χ4v) is 2.72. The van der Waals surface area contributed by atoms with Gasteiger partial charge in [-0.3, -0.25) is 14.2 Å². The van der Waals surface area contributed by atoms with E-state index >= 15 is 0 Å². The lowest BCUT2D eigenvalue weighted by Crippen LogP contribution is -2.30. The molecule has 1 fully saturated rings. The third kappa shape index (κ3) is 2.95. The van der Waals surface area contributed by atoms with Gasteiger partial charge in [0, 0.05) is 13.0 Å². The maximum atomic E-state index is 11.9. The molecule has 1 aliphatic carbocycles. The first-order valence-electron chi connectivity index (χ1n) is 7.46. The van der Waals surface area contributed by atoms with Gasteiger partial charge < -0.3 is 9.15 Å². The van der Waals surface area contributed by atoms with E-state index in [9.17, 15) is 14.4 Å². The molecule has 2 aromatic rings. The topological polar surface area (TPSA) is 78.5 Å². The van der Waals surface area contributed by atoms with Crippen LogP contribution >= 0.6 is 0 Å². The van der Waals surface area contributed by atoms with E-state index in [1.165, 1.54) is 4.57 Å². The molecule has 22 heavy (non-hydrogen) atoms. The fraction of sp³-hybridized carbons (Fsp3) is 0.438. The number of aryl methyl sites for hydroxylation is 1. The van der Waals surface area contributed by atoms with Gasteiger partial charge in [-0.25, -0.2) is 4.79 Å². The Balaban J connectivity index is 1.64. The molecule has 6 heteroatoms. The van der Waals surface area contributed by atoms with E-state index in [4.69, 9.17) is 9.15 Å². The van der Waals surface area contributed by atoms with Crippen molar-refractivity contribution in [3.8, 4) is 0 Å². The number of carbonyl (C=O) groups is 2. The van der Waals surface area contributed by atoms with Crippen molar-refractivity contribution in [3.05, 3.63) is 34.8 Å². The number of nitrogens with zero attached hydrogens (tertiary/aromatic N) is 1. The molecule has 3 rings (SSSR count). The summed E-state index contributed by atoms with van der Waals surface area (Å²) in [4.78, 5) is 35.3. The van der Waals surface area contributed by atoms with Crippen LogP contribution in [0.5, 0.6) is 0 Å². The summed E-state index contributed by atoms with van der Waals surface area (Å²) >= 11 is 0. The fourth-order valence-electron chi connectivity index (χ4n) is 2.72. The molecule has 1 saturated carbocycles. The molecule has 1 aromatic heterocycles. The summed E-state index contributed by atoms with van der Waals surface area (Å²) in [6.45, 7) is 0.176. The van der Waals surface area contributed by atoms with Crippen molar-refractivity contribution in [2.45, 2.75) is 44.8 Å². The second kappa shape index (κ2) is 6.17. The first-order valence-corrected chi connectivity index (χ1v) is 7.46. The number of benzene rings is 1. The van der Waals surface area contributed by atoms with Gasteiger partial charge in [0.05, 0.1) is 11.9 Å². The van der Waals surface area contributed by atoms with Crippen LogP contribution in [0.1, 0.15) is 32.1 Å². The molecule has 0 saturated heterocycles. The predicted octanol–water partition coefficient (Wildman–Crippen LogP) is 2.04. The highest BCUT2D eigenvalue weighted by molar-refractivity contribution is 5.86. The van der Waals surface area contributed by atoms with E-state index in [2.05, 4.69) is 0 Å². The van der Waals surface area contributed by atoms with E-state index in [0.717, 1.165) is 12.8 Å². The smallest absolute Gasteiger partial charge is 0.419 e. The molecule has 1 heterocycles. The van der Waals surface area contributed by atoms with Crippen LogP contribution in [0.4, 0.5) is 0 Å². The number of para-hydroxylation sites is 2. The lowest BCUT2D eigenvalue weighted by Gasteiger charge is -2.20. The molecule has 0 bridgehead atoms. The molecule has 1 aromatic carbocycles. The molecule has 0 unspecified atom stereocenters. The number of fused-ring (bicyclic) bond motifs is 1. The van der Waals surface area contributed by atoms with Crippen molar-refractivity contribution < 1.29 is 18.7 Å². The van der Waals surface area contributed by atoms with Crippen molar-refractivity contribution in [2.75, 3.05) is 0 Å². The highest BCUT2D eigenvalue weighted by atomic mass is 16.5. The molecule has 1 atom stereocenters. The molecule has 0 spiro atoms. The van der Waals surface area contributed by atoms with E-state index < -0.39 is 17.8 Å². The SMILES string of the molecule is O=C(CCn1c(=O)oc2ccccc21)O[C@@H]1CCCCC1=O. The molecule has 0 radical (unpaired) electrons. The second-order valence-electron chi connectivity index (χ2n) is 5.43. The zero-order valence-corrected chi connectivity index (χ0v) is 12.1. The average molecular weight is 303 g/mol. The molecule has 116 valence electrons. The minimum Gasteiger partial charge on any atom is -0.454 e. The van der Waals surface area contributed by atoms with E-state index in [1.807, 2.05) is 0 Å². The molecule has 0 N–H and O–H groups in total. The molecule has 0 amide bonds. The minimum atomic E-state index is -0.612. The number of ketones is 1. The van der Waals surface area contributed by atoms with E-state index in [-0.39, 0.29) is 18.7 Å². The van der Waals surface area contributed by atoms with Crippen molar-refractivity contribution in [1.29, 1.82) is 0 Å². The summed E-state index contributed by atoms with van der Waals surface area (Å²) in [5.41, 5.74) is 1.14. The quantitative estimate of drug-likeness (QED) is 0.808. The van der Waals surface area contributed by atoms with Crippen molar-refractivity contribution >= 4 is 22.9 Å². The van der Waals surface area contributed by atoms with Gasteiger partial charge in [0.1, 0.15) is 0 Å². The minimum absolute atomic E-state index is 0.00877. The Hall–Kier alpha value is -2.37. The zero-order valence-electron chi connectivity index (χ0n) is 12.1. The third-order valence-corrected chi connectivity index (χ3v) is 3.89. The number of oxazole rings is 1. The van der Waals surface area contributed by atoms with Crippen molar-refractivity contribution in [3.63, 3.8) is 0 Å². The van der Waals surface area contributed by atoms with Gasteiger partial charge in [-0.2, -0.15) is 0 Å².